The Morgan fingerprint density at radius 3 is 2.66 bits per heavy atom. The number of rotatable bonds is 8. The molecule has 3 aromatic heterocycles. The zero-order valence-electron chi connectivity index (χ0n) is 22.9. The van der Waals surface area contributed by atoms with Gasteiger partial charge in [0.1, 0.15) is 22.5 Å². The van der Waals surface area contributed by atoms with Gasteiger partial charge in [-0.3, -0.25) is 23.7 Å². The molecule has 204 valence electrons. The summed E-state index contributed by atoms with van der Waals surface area (Å²) in [5, 5.41) is 9.50. The Labute approximate surface area is 222 Å². The second-order valence-corrected chi connectivity index (χ2v) is 9.72. The summed E-state index contributed by atoms with van der Waals surface area (Å²) in [6.07, 6.45) is 4.62. The molecule has 0 atom stereocenters. The number of aryl methyl sites for hydroxylation is 1. The van der Waals surface area contributed by atoms with Crippen LogP contribution in [0.4, 0.5) is 11.5 Å². The smallest absolute Gasteiger partial charge is 0.331 e. The van der Waals surface area contributed by atoms with Gasteiger partial charge in [-0.2, -0.15) is 0 Å². The van der Waals surface area contributed by atoms with E-state index in [-0.39, 0.29) is 12.5 Å². The number of hydrogen-bond donors (Lipinski definition) is 3. The van der Waals surface area contributed by atoms with Crippen molar-refractivity contribution in [1.82, 2.24) is 29.3 Å². The highest BCUT2D eigenvalue weighted by Gasteiger charge is 2.28. The van der Waals surface area contributed by atoms with Crippen molar-refractivity contribution in [2.45, 2.75) is 40.3 Å². The average molecular weight is 523 g/mol. The van der Waals surface area contributed by atoms with E-state index in [2.05, 4.69) is 31.9 Å². The van der Waals surface area contributed by atoms with Crippen molar-refractivity contribution >= 4 is 28.4 Å². The molecule has 0 saturated carbocycles. The Hall–Kier alpha value is -3.86. The molecule has 0 aliphatic carbocycles. The maximum atomic E-state index is 14.1. The molecule has 1 fully saturated rings. The molecule has 4 rings (SSSR count). The predicted molar refractivity (Wildman–Crippen MR) is 151 cm³/mol. The first-order valence-electron chi connectivity index (χ1n) is 13.1. The number of allylic oxidation sites excluding steroid dienone is 2. The van der Waals surface area contributed by atoms with Gasteiger partial charge in [-0.15, -0.1) is 0 Å². The Kier molecular flexibility index (Phi) is 8.35. The van der Waals surface area contributed by atoms with Crippen molar-refractivity contribution in [1.29, 1.82) is 0 Å². The number of nitrogens with zero attached hydrogens (tertiary/aromatic N) is 5. The van der Waals surface area contributed by atoms with Crippen molar-refractivity contribution < 1.29 is 4.79 Å². The SMILES string of the molecule is CCNC(=O)c1cccnc1Cn1c(=O)c2c(c(NC)c(N3CCCNCC3)n2CC=C(C)C)n(C)c1=O. The van der Waals surface area contributed by atoms with Gasteiger partial charge in [-0.1, -0.05) is 11.6 Å². The number of nitrogens with one attached hydrogen (secondary N) is 3. The highest BCUT2D eigenvalue weighted by Crippen LogP contribution is 2.36. The lowest BCUT2D eigenvalue weighted by Gasteiger charge is -2.25. The van der Waals surface area contributed by atoms with Crippen LogP contribution < -0.4 is 32.1 Å². The average Bonchev–Trinajstić information content (AvgIpc) is 3.02. The Morgan fingerprint density at radius 1 is 1.16 bits per heavy atom. The second-order valence-electron chi connectivity index (χ2n) is 9.72. The first-order valence-corrected chi connectivity index (χ1v) is 13.1. The van der Waals surface area contributed by atoms with Crippen LogP contribution >= 0.6 is 0 Å². The normalized spacial score (nSPS) is 13.9. The first-order chi connectivity index (χ1) is 18.3. The number of fused-ring (bicyclic) bond motifs is 1. The van der Waals surface area contributed by atoms with Gasteiger partial charge in [-0.25, -0.2) is 4.79 Å². The lowest BCUT2D eigenvalue weighted by Crippen LogP contribution is -2.40. The number of pyridine rings is 1. The van der Waals surface area contributed by atoms with Crippen LogP contribution in [0.2, 0.25) is 0 Å². The summed E-state index contributed by atoms with van der Waals surface area (Å²) in [5.74, 6) is 0.609. The highest BCUT2D eigenvalue weighted by molar-refractivity contribution is 5.98. The summed E-state index contributed by atoms with van der Waals surface area (Å²) < 4.78 is 4.72. The molecule has 1 amide bonds. The van der Waals surface area contributed by atoms with E-state index < -0.39 is 11.2 Å². The van der Waals surface area contributed by atoms with Gasteiger partial charge >= 0.3 is 5.69 Å². The Balaban J connectivity index is 1.99. The minimum Gasteiger partial charge on any atom is -0.383 e. The quantitative estimate of drug-likeness (QED) is 0.384. The molecule has 1 aliphatic rings. The van der Waals surface area contributed by atoms with E-state index in [1.165, 1.54) is 9.13 Å². The number of anilines is 2. The topological polar surface area (TPSA) is 118 Å². The van der Waals surface area contributed by atoms with E-state index in [1.807, 2.05) is 32.4 Å². The fraction of sp³-hybridized carbons (Fsp3) is 0.481. The molecule has 3 aromatic rings. The highest BCUT2D eigenvalue weighted by atomic mass is 16.2. The zero-order chi connectivity index (χ0) is 27.4. The third kappa shape index (κ3) is 5.10. The summed E-state index contributed by atoms with van der Waals surface area (Å²) in [6, 6.07) is 3.33. The fourth-order valence-electron chi connectivity index (χ4n) is 5.01. The van der Waals surface area contributed by atoms with Crippen molar-refractivity contribution in [3.8, 4) is 0 Å². The van der Waals surface area contributed by atoms with Crippen LogP contribution in [0.25, 0.3) is 11.0 Å². The van der Waals surface area contributed by atoms with Crippen LogP contribution in [-0.4, -0.2) is 64.4 Å². The zero-order valence-corrected chi connectivity index (χ0v) is 22.9. The van der Waals surface area contributed by atoms with Crippen molar-refractivity contribution in [2.75, 3.05) is 50.0 Å². The van der Waals surface area contributed by atoms with Gasteiger partial charge in [0.25, 0.3) is 11.5 Å². The van der Waals surface area contributed by atoms with Crippen LogP contribution in [0.1, 0.15) is 43.2 Å². The summed E-state index contributed by atoms with van der Waals surface area (Å²) >= 11 is 0. The first kappa shape index (κ1) is 27.2. The summed E-state index contributed by atoms with van der Waals surface area (Å²) in [7, 11) is 3.51. The Morgan fingerprint density at radius 2 is 1.95 bits per heavy atom. The van der Waals surface area contributed by atoms with Gasteiger partial charge in [0.05, 0.1) is 17.8 Å². The molecule has 0 spiro atoms. The van der Waals surface area contributed by atoms with Gasteiger partial charge in [0, 0.05) is 53.0 Å². The van der Waals surface area contributed by atoms with Gasteiger partial charge in [0.15, 0.2) is 0 Å². The van der Waals surface area contributed by atoms with E-state index in [1.54, 1.807) is 25.4 Å². The third-order valence-corrected chi connectivity index (χ3v) is 6.86. The van der Waals surface area contributed by atoms with Crippen molar-refractivity contribution in [3.05, 3.63) is 62.1 Å². The second kappa shape index (κ2) is 11.7. The molecule has 4 heterocycles. The minimum atomic E-state index is -0.463. The number of hydrogen-bond acceptors (Lipinski definition) is 7. The van der Waals surface area contributed by atoms with Gasteiger partial charge < -0.3 is 25.4 Å². The van der Waals surface area contributed by atoms with E-state index in [0.717, 1.165) is 49.7 Å². The maximum absolute atomic E-state index is 14.1. The van der Waals surface area contributed by atoms with E-state index in [9.17, 15) is 14.4 Å². The number of aromatic nitrogens is 4. The van der Waals surface area contributed by atoms with Crippen LogP contribution in [0.3, 0.4) is 0 Å². The molecule has 3 N–H and O–H groups in total. The minimum absolute atomic E-state index is 0.111. The molecule has 1 saturated heterocycles. The number of carbonyl (C=O) groups excluding carboxylic acids is 1. The molecule has 1 aliphatic heterocycles. The van der Waals surface area contributed by atoms with E-state index >= 15 is 0 Å². The van der Waals surface area contributed by atoms with Gasteiger partial charge in [-0.05, 0) is 45.9 Å². The molecule has 11 heteroatoms. The molecule has 0 unspecified atom stereocenters. The van der Waals surface area contributed by atoms with Crippen LogP contribution in [-0.2, 0) is 20.1 Å². The molecular formula is C27H38N8O3. The molecular weight excluding hydrogens is 484 g/mol. The third-order valence-electron chi connectivity index (χ3n) is 6.86. The van der Waals surface area contributed by atoms with Crippen molar-refractivity contribution in [3.63, 3.8) is 0 Å². The summed E-state index contributed by atoms with van der Waals surface area (Å²) in [4.78, 5) is 47.0. The molecule has 0 aromatic carbocycles. The van der Waals surface area contributed by atoms with Crippen LogP contribution in [0.15, 0.2) is 39.6 Å². The van der Waals surface area contributed by atoms with Crippen LogP contribution in [0.5, 0.6) is 0 Å². The summed E-state index contributed by atoms with van der Waals surface area (Å²) in [6.45, 7) is 10.1. The predicted octanol–water partition coefficient (Wildman–Crippen LogP) is 1.50. The summed E-state index contributed by atoms with van der Waals surface area (Å²) in [5.41, 5.74) is 2.74. The molecule has 38 heavy (non-hydrogen) atoms. The lowest BCUT2D eigenvalue weighted by atomic mass is 10.1. The Bertz CT molecular complexity index is 1470. The monoisotopic (exact) mass is 522 g/mol. The molecule has 0 radical (unpaired) electrons. The standard InChI is InChI=1S/C27H38N8O3/c1-6-30-24(36)19-9-7-12-31-20(19)17-35-26(37)23-22(32(5)27(35)38)21(28-4)25(34(23)15-10-18(2)3)33-14-8-11-29-13-16-33/h7,9-10,12,28-29H,6,8,11,13-17H2,1-5H3,(H,30,36). The largest absolute Gasteiger partial charge is 0.383 e. The van der Waals surface area contributed by atoms with E-state index in [0.29, 0.717) is 35.4 Å². The van der Waals surface area contributed by atoms with Crippen molar-refractivity contribution in [2.24, 2.45) is 7.05 Å². The van der Waals surface area contributed by atoms with Gasteiger partial charge in [0.2, 0.25) is 0 Å². The maximum Gasteiger partial charge on any atom is 0.331 e. The lowest BCUT2D eigenvalue weighted by molar-refractivity contribution is 0.0954. The number of amides is 1. The van der Waals surface area contributed by atoms with Crippen LogP contribution in [0, 0.1) is 0 Å². The fourth-order valence-corrected chi connectivity index (χ4v) is 5.01. The number of carbonyl (C=O) groups is 1. The molecule has 11 nitrogen and oxygen atoms in total. The van der Waals surface area contributed by atoms with E-state index in [4.69, 9.17) is 0 Å². The molecule has 0 bridgehead atoms.